The third-order valence-corrected chi connectivity index (χ3v) is 4.38. The van der Waals surface area contributed by atoms with Gasteiger partial charge in [-0.05, 0) is 31.2 Å². The zero-order valence-corrected chi connectivity index (χ0v) is 14.0. The topological polar surface area (TPSA) is 83.8 Å². The van der Waals surface area contributed by atoms with E-state index in [0.29, 0.717) is 0 Å². The maximum atomic E-state index is 14.0. The second kappa shape index (κ2) is 6.91. The Kier molecular flexibility index (Phi) is 4.66. The van der Waals surface area contributed by atoms with Crippen LogP contribution in [-0.2, 0) is 4.79 Å². The first kappa shape index (κ1) is 17.5. The minimum atomic E-state index is -0.772. The number of para-hydroxylation sites is 1. The van der Waals surface area contributed by atoms with Crippen molar-refractivity contribution in [3.8, 4) is 0 Å². The highest BCUT2D eigenvalue weighted by Gasteiger charge is 2.36. The summed E-state index contributed by atoms with van der Waals surface area (Å²) in [6, 6.07) is 10.4. The summed E-state index contributed by atoms with van der Waals surface area (Å²) in [5.74, 6) is -1.27. The van der Waals surface area contributed by atoms with Gasteiger partial charge in [0.25, 0.3) is 11.6 Å². The average molecular weight is 357 g/mol. The number of non-ortho nitro benzene ring substituents is 1. The van der Waals surface area contributed by atoms with Gasteiger partial charge in [0.2, 0.25) is 5.91 Å². The molecule has 0 aliphatic carbocycles. The molecule has 0 radical (unpaired) electrons. The Hall–Kier alpha value is -3.29. The molecule has 26 heavy (non-hydrogen) atoms. The van der Waals surface area contributed by atoms with E-state index < -0.39 is 22.7 Å². The molecular formula is C18H16FN3O4. The lowest BCUT2D eigenvalue weighted by Gasteiger charge is -2.39. The normalized spacial score (nSPS) is 17.3. The highest BCUT2D eigenvalue weighted by Crippen LogP contribution is 2.24. The van der Waals surface area contributed by atoms with Crippen LogP contribution in [0.1, 0.15) is 17.3 Å². The standard InChI is InChI=1S/C18H16FN3O4/c1-12-17(23)21(16-5-3-2-4-15(16)19)11-10-20(12)18(24)13-6-8-14(9-7-13)22(25)26/h2-9,12H,10-11H2,1H3/t12-/m0/s1. The average Bonchev–Trinajstić information content (AvgIpc) is 2.64. The number of nitro groups is 1. The third-order valence-electron chi connectivity index (χ3n) is 4.38. The van der Waals surface area contributed by atoms with E-state index in [0.717, 1.165) is 0 Å². The van der Waals surface area contributed by atoms with Crippen LogP contribution < -0.4 is 4.90 Å². The number of nitrogens with zero attached hydrogens (tertiary/aromatic N) is 3. The molecule has 3 rings (SSSR count). The molecule has 2 amide bonds. The summed E-state index contributed by atoms with van der Waals surface area (Å²) < 4.78 is 14.0. The summed E-state index contributed by atoms with van der Waals surface area (Å²) in [4.78, 5) is 38.2. The molecule has 0 saturated carbocycles. The number of carbonyl (C=O) groups excluding carboxylic acids is 2. The highest BCUT2D eigenvalue weighted by molar-refractivity contribution is 6.03. The van der Waals surface area contributed by atoms with Gasteiger partial charge in [-0.3, -0.25) is 19.7 Å². The maximum Gasteiger partial charge on any atom is 0.269 e. The number of hydrogen-bond acceptors (Lipinski definition) is 4. The van der Waals surface area contributed by atoms with E-state index in [1.54, 1.807) is 19.1 Å². The first-order valence-corrected chi connectivity index (χ1v) is 8.01. The third kappa shape index (κ3) is 3.13. The first-order valence-electron chi connectivity index (χ1n) is 8.01. The van der Waals surface area contributed by atoms with Crippen molar-refractivity contribution in [3.63, 3.8) is 0 Å². The molecule has 1 fully saturated rings. The molecule has 1 aliphatic rings. The predicted octanol–water partition coefficient (Wildman–Crippen LogP) is 2.61. The summed E-state index contributed by atoms with van der Waals surface area (Å²) in [5.41, 5.74) is 0.330. The number of nitro benzene ring substituents is 1. The summed E-state index contributed by atoms with van der Waals surface area (Å²) in [6.07, 6.45) is 0. The van der Waals surface area contributed by atoms with E-state index >= 15 is 0 Å². The zero-order chi connectivity index (χ0) is 18.8. The summed E-state index contributed by atoms with van der Waals surface area (Å²) in [7, 11) is 0. The Morgan fingerprint density at radius 3 is 2.42 bits per heavy atom. The summed E-state index contributed by atoms with van der Waals surface area (Å²) in [6.45, 7) is 1.98. The van der Waals surface area contributed by atoms with Gasteiger partial charge in [-0.25, -0.2) is 4.39 Å². The fraction of sp³-hybridized carbons (Fsp3) is 0.222. The molecule has 1 saturated heterocycles. The van der Waals surface area contributed by atoms with Crippen molar-refractivity contribution in [2.75, 3.05) is 18.0 Å². The largest absolute Gasteiger partial charge is 0.325 e. The Labute approximate surface area is 148 Å². The smallest absolute Gasteiger partial charge is 0.269 e. The van der Waals surface area contributed by atoms with Crippen LogP contribution >= 0.6 is 0 Å². The Bertz CT molecular complexity index is 869. The number of halogens is 1. The van der Waals surface area contributed by atoms with E-state index in [4.69, 9.17) is 0 Å². The van der Waals surface area contributed by atoms with Crippen LogP contribution in [0.5, 0.6) is 0 Å². The molecule has 8 heteroatoms. The van der Waals surface area contributed by atoms with Crippen molar-refractivity contribution in [2.45, 2.75) is 13.0 Å². The minimum Gasteiger partial charge on any atom is -0.325 e. The lowest BCUT2D eigenvalue weighted by Crippen LogP contribution is -2.58. The van der Waals surface area contributed by atoms with Crippen molar-refractivity contribution in [1.29, 1.82) is 0 Å². The Morgan fingerprint density at radius 2 is 1.81 bits per heavy atom. The number of hydrogen-bond donors (Lipinski definition) is 0. The fourth-order valence-electron chi connectivity index (χ4n) is 2.95. The Morgan fingerprint density at radius 1 is 1.15 bits per heavy atom. The van der Waals surface area contributed by atoms with E-state index in [1.807, 2.05) is 0 Å². The number of piperazine rings is 1. The van der Waals surface area contributed by atoms with Gasteiger partial charge in [-0.15, -0.1) is 0 Å². The molecule has 0 aromatic heterocycles. The van der Waals surface area contributed by atoms with Gasteiger partial charge in [-0.2, -0.15) is 0 Å². The minimum absolute atomic E-state index is 0.116. The zero-order valence-electron chi connectivity index (χ0n) is 14.0. The predicted molar refractivity (Wildman–Crippen MR) is 92.3 cm³/mol. The second-order valence-corrected chi connectivity index (χ2v) is 5.92. The van der Waals surface area contributed by atoms with Gasteiger partial charge in [0.15, 0.2) is 0 Å². The molecule has 1 heterocycles. The van der Waals surface area contributed by atoms with Gasteiger partial charge >= 0.3 is 0 Å². The molecule has 1 atom stereocenters. The van der Waals surface area contributed by atoms with Gasteiger partial charge < -0.3 is 9.80 Å². The van der Waals surface area contributed by atoms with Crippen molar-refractivity contribution < 1.29 is 18.9 Å². The molecule has 7 nitrogen and oxygen atoms in total. The van der Waals surface area contributed by atoms with Crippen LogP contribution in [0.25, 0.3) is 0 Å². The van der Waals surface area contributed by atoms with Crippen LogP contribution in [0.4, 0.5) is 15.8 Å². The SMILES string of the molecule is C[C@H]1C(=O)N(c2ccccc2F)CCN1C(=O)c1ccc([N+](=O)[O-])cc1. The summed E-state index contributed by atoms with van der Waals surface area (Å²) >= 11 is 0. The monoisotopic (exact) mass is 357 g/mol. The molecule has 0 bridgehead atoms. The molecule has 134 valence electrons. The number of benzene rings is 2. The van der Waals surface area contributed by atoms with Crippen molar-refractivity contribution in [2.24, 2.45) is 0 Å². The van der Waals surface area contributed by atoms with Crippen LogP contribution in [0.3, 0.4) is 0 Å². The van der Waals surface area contributed by atoms with E-state index in [2.05, 4.69) is 0 Å². The lowest BCUT2D eigenvalue weighted by atomic mass is 10.1. The molecule has 0 unspecified atom stereocenters. The van der Waals surface area contributed by atoms with E-state index in [-0.39, 0.29) is 35.9 Å². The maximum absolute atomic E-state index is 14.0. The highest BCUT2D eigenvalue weighted by atomic mass is 19.1. The number of anilines is 1. The van der Waals surface area contributed by atoms with E-state index in [1.165, 1.54) is 46.2 Å². The van der Waals surface area contributed by atoms with Crippen LogP contribution in [0.2, 0.25) is 0 Å². The van der Waals surface area contributed by atoms with Gasteiger partial charge in [-0.1, -0.05) is 12.1 Å². The number of carbonyl (C=O) groups is 2. The molecule has 2 aromatic rings. The number of rotatable bonds is 3. The second-order valence-electron chi connectivity index (χ2n) is 5.92. The van der Waals surface area contributed by atoms with Crippen molar-refractivity contribution in [3.05, 3.63) is 70.0 Å². The Balaban J connectivity index is 1.79. The van der Waals surface area contributed by atoms with Crippen LogP contribution in [0.15, 0.2) is 48.5 Å². The quantitative estimate of drug-likeness (QED) is 0.624. The van der Waals surface area contributed by atoms with Crippen LogP contribution in [-0.4, -0.2) is 40.8 Å². The lowest BCUT2D eigenvalue weighted by molar-refractivity contribution is -0.384. The molecule has 1 aliphatic heterocycles. The first-order chi connectivity index (χ1) is 12.4. The number of amides is 2. The molecular weight excluding hydrogens is 341 g/mol. The van der Waals surface area contributed by atoms with Gasteiger partial charge in [0.1, 0.15) is 11.9 Å². The summed E-state index contributed by atoms with van der Waals surface area (Å²) in [5, 5.41) is 10.7. The van der Waals surface area contributed by atoms with Crippen LogP contribution in [0, 0.1) is 15.9 Å². The molecule has 2 aromatic carbocycles. The van der Waals surface area contributed by atoms with Gasteiger partial charge in [0, 0.05) is 30.8 Å². The molecule has 0 spiro atoms. The van der Waals surface area contributed by atoms with Crippen molar-refractivity contribution in [1.82, 2.24) is 4.90 Å². The molecule has 0 N–H and O–H groups in total. The van der Waals surface area contributed by atoms with E-state index in [9.17, 15) is 24.1 Å². The fourth-order valence-corrected chi connectivity index (χ4v) is 2.95. The van der Waals surface area contributed by atoms with Crippen molar-refractivity contribution >= 4 is 23.2 Å². The van der Waals surface area contributed by atoms with Gasteiger partial charge in [0.05, 0.1) is 10.6 Å².